The Bertz CT molecular complexity index is 100. The van der Waals surface area contributed by atoms with Crippen molar-refractivity contribution in [3.63, 3.8) is 0 Å². The lowest BCUT2D eigenvalue weighted by molar-refractivity contribution is 0.193. The lowest BCUT2D eigenvalue weighted by Gasteiger charge is -2.33. The number of halogens is 1. The lowest BCUT2D eigenvalue weighted by Crippen LogP contribution is -2.42. The van der Waals surface area contributed by atoms with Crippen LogP contribution in [-0.4, -0.2) is 21.5 Å². The highest BCUT2D eigenvalue weighted by Crippen LogP contribution is 2.25. The van der Waals surface area contributed by atoms with Crippen LogP contribution < -0.4 is 0 Å². The maximum Gasteiger partial charge on any atom is 0.100 e. The molecule has 1 heterocycles. The average Bonchev–Trinajstić information content (AvgIpc) is 1.88. The molecule has 1 fully saturated rings. The van der Waals surface area contributed by atoms with Crippen molar-refractivity contribution in [1.29, 1.82) is 0 Å². The summed E-state index contributed by atoms with van der Waals surface area (Å²) in [5.74, 6) is 0. The Morgan fingerprint density at radius 3 is 2.10 bits per heavy atom. The third-order valence-corrected chi connectivity index (χ3v) is 2.64. The summed E-state index contributed by atoms with van der Waals surface area (Å²) in [5.41, 5.74) is 0. The number of hydrogen-bond acceptors (Lipinski definition) is 1. The van der Waals surface area contributed by atoms with Crippen molar-refractivity contribution in [2.45, 2.75) is 30.2 Å². The van der Waals surface area contributed by atoms with Crippen LogP contribution in [0.3, 0.4) is 0 Å². The number of piperidine rings is 1. The van der Waals surface area contributed by atoms with Crippen molar-refractivity contribution in [3.05, 3.63) is 6.42 Å². The van der Waals surface area contributed by atoms with Gasteiger partial charge in [-0.3, -0.25) is 4.90 Å². The van der Waals surface area contributed by atoms with E-state index in [2.05, 4.69) is 47.8 Å². The molecule has 1 saturated heterocycles. The molecule has 0 amide bonds. The summed E-state index contributed by atoms with van der Waals surface area (Å²) in [7, 11) is 0. The van der Waals surface area contributed by atoms with Crippen molar-refractivity contribution in [1.82, 2.24) is 4.90 Å². The second-order valence-electron chi connectivity index (χ2n) is 3.26. The molecule has 1 nitrogen and oxygen atoms in total. The van der Waals surface area contributed by atoms with E-state index in [0.29, 0.717) is 3.55 Å². The van der Waals surface area contributed by atoms with Gasteiger partial charge in [-0.2, -0.15) is 0 Å². The highest BCUT2D eigenvalue weighted by Gasteiger charge is 2.26. The lowest BCUT2D eigenvalue weighted by atomic mass is 10.1. The van der Waals surface area contributed by atoms with Crippen LogP contribution in [0.4, 0.5) is 0 Å². The van der Waals surface area contributed by atoms with Gasteiger partial charge in [-0.15, -0.1) is 0 Å². The van der Waals surface area contributed by atoms with Crippen molar-refractivity contribution in [3.8, 4) is 0 Å². The fraction of sp³-hybridized carbons (Fsp3) is 0.875. The number of alkyl halides is 1. The number of nitrogens with zero attached hydrogens (tertiary/aromatic N) is 1. The van der Waals surface area contributed by atoms with E-state index in [9.17, 15) is 0 Å². The normalized spacial score (nSPS) is 22.3. The fourth-order valence-corrected chi connectivity index (χ4v) is 1.76. The maximum atomic E-state index is 2.54. The number of hydrogen-bond donors (Lipinski definition) is 0. The van der Waals surface area contributed by atoms with E-state index >= 15 is 0 Å². The van der Waals surface area contributed by atoms with Gasteiger partial charge in [0.25, 0.3) is 0 Å². The quantitative estimate of drug-likeness (QED) is 0.300. The van der Waals surface area contributed by atoms with Crippen LogP contribution in [0, 0.1) is 6.42 Å². The molecule has 0 aromatic carbocycles. The van der Waals surface area contributed by atoms with E-state index in [1.54, 1.807) is 0 Å². The molecule has 58 valence electrons. The van der Waals surface area contributed by atoms with Gasteiger partial charge >= 0.3 is 0 Å². The molecule has 0 aromatic heterocycles. The van der Waals surface area contributed by atoms with Crippen LogP contribution >= 0.6 is 22.6 Å². The van der Waals surface area contributed by atoms with Crippen LogP contribution in [0.25, 0.3) is 0 Å². The minimum Gasteiger partial charge on any atom is -0.281 e. The van der Waals surface area contributed by atoms with Gasteiger partial charge in [-0.05, 0) is 13.8 Å². The van der Waals surface area contributed by atoms with E-state index < -0.39 is 0 Å². The standard InChI is InChI=1S/C8H15IN/c1-8(2,9)10-6-4-3-5-7-10/h3H,4-7H2,1-2H3/q+1. The Balaban J connectivity index is 2.39. The summed E-state index contributed by atoms with van der Waals surface area (Å²) in [6.45, 7) is 7.05. The summed E-state index contributed by atoms with van der Waals surface area (Å²) < 4.78 is 0.353. The second kappa shape index (κ2) is 3.30. The maximum absolute atomic E-state index is 2.54. The predicted molar refractivity (Wildman–Crippen MR) is 53.2 cm³/mol. The molecule has 0 atom stereocenters. The van der Waals surface area contributed by atoms with E-state index in [0.717, 1.165) is 0 Å². The first kappa shape index (κ1) is 8.65. The van der Waals surface area contributed by atoms with Gasteiger partial charge in [-0.25, -0.2) is 0 Å². The Kier molecular flexibility index (Phi) is 2.86. The molecule has 10 heavy (non-hydrogen) atoms. The largest absolute Gasteiger partial charge is 0.281 e. The predicted octanol–water partition coefficient (Wildman–Crippen LogP) is 2.46. The molecule has 1 rings (SSSR count). The van der Waals surface area contributed by atoms with Crippen LogP contribution in [0.15, 0.2) is 0 Å². The Morgan fingerprint density at radius 1 is 1.30 bits per heavy atom. The molecular formula is C8H15IN+. The summed E-state index contributed by atoms with van der Waals surface area (Å²) in [4.78, 5) is 2.54. The zero-order valence-corrected chi connectivity index (χ0v) is 8.89. The zero-order chi connectivity index (χ0) is 7.61. The molecule has 0 radical (unpaired) electrons. The molecule has 1 aliphatic rings. The molecule has 0 spiro atoms. The summed E-state index contributed by atoms with van der Waals surface area (Å²) in [5, 5.41) is 0. The molecule has 0 aliphatic carbocycles. The highest BCUT2D eigenvalue weighted by atomic mass is 127. The molecule has 2 heteroatoms. The van der Waals surface area contributed by atoms with Gasteiger partial charge in [0.2, 0.25) is 0 Å². The molecule has 0 bridgehead atoms. The van der Waals surface area contributed by atoms with Gasteiger partial charge in [0.1, 0.15) is 12.8 Å². The Hall–Kier alpha value is 0.560. The molecule has 0 unspecified atom stereocenters. The fourth-order valence-electron chi connectivity index (χ4n) is 1.28. The van der Waals surface area contributed by atoms with E-state index in [1.165, 1.54) is 25.9 Å². The first-order chi connectivity index (χ1) is 4.61. The first-order valence-electron chi connectivity index (χ1n) is 3.86. The molecule has 0 saturated carbocycles. The highest BCUT2D eigenvalue weighted by molar-refractivity contribution is 14.1. The van der Waals surface area contributed by atoms with Gasteiger partial charge in [0.15, 0.2) is 0 Å². The molecular weight excluding hydrogens is 237 g/mol. The number of likely N-dealkylation sites (tertiary alicyclic amines) is 1. The SMILES string of the molecule is CC(C)(I)N1CC[CH+]CC1. The van der Waals surface area contributed by atoms with Crippen LogP contribution in [0.2, 0.25) is 0 Å². The number of rotatable bonds is 1. The molecule has 1 aliphatic heterocycles. The Morgan fingerprint density at radius 2 is 1.80 bits per heavy atom. The Labute approximate surface area is 77.3 Å². The van der Waals surface area contributed by atoms with Gasteiger partial charge in [0.05, 0.1) is 9.97 Å². The van der Waals surface area contributed by atoms with E-state index in [-0.39, 0.29) is 0 Å². The van der Waals surface area contributed by atoms with Gasteiger partial charge in [-0.1, -0.05) is 22.6 Å². The van der Waals surface area contributed by atoms with Crippen molar-refractivity contribution in [2.24, 2.45) is 0 Å². The minimum absolute atomic E-state index is 0.353. The third-order valence-electron chi connectivity index (χ3n) is 1.96. The van der Waals surface area contributed by atoms with Crippen LogP contribution in [0.5, 0.6) is 0 Å². The van der Waals surface area contributed by atoms with E-state index in [1.807, 2.05) is 0 Å². The van der Waals surface area contributed by atoms with Crippen molar-refractivity contribution >= 4 is 22.6 Å². The van der Waals surface area contributed by atoms with Crippen LogP contribution in [-0.2, 0) is 0 Å². The summed E-state index contributed by atoms with van der Waals surface area (Å²) >= 11 is 2.51. The van der Waals surface area contributed by atoms with Gasteiger partial charge in [0, 0.05) is 13.1 Å². The van der Waals surface area contributed by atoms with E-state index in [4.69, 9.17) is 0 Å². The minimum atomic E-state index is 0.353. The summed E-state index contributed by atoms with van der Waals surface area (Å²) in [6, 6.07) is 0. The second-order valence-corrected chi connectivity index (χ2v) is 5.90. The molecule has 0 N–H and O–H groups in total. The topological polar surface area (TPSA) is 3.24 Å². The smallest absolute Gasteiger partial charge is 0.100 e. The summed E-state index contributed by atoms with van der Waals surface area (Å²) in [6.07, 6.45) is 4.93. The van der Waals surface area contributed by atoms with Crippen LogP contribution in [0.1, 0.15) is 26.7 Å². The zero-order valence-electron chi connectivity index (χ0n) is 6.73. The van der Waals surface area contributed by atoms with Crippen molar-refractivity contribution in [2.75, 3.05) is 13.1 Å². The molecule has 0 aromatic rings. The third kappa shape index (κ3) is 2.31. The monoisotopic (exact) mass is 252 g/mol. The van der Waals surface area contributed by atoms with Crippen molar-refractivity contribution < 1.29 is 0 Å². The van der Waals surface area contributed by atoms with Gasteiger partial charge < -0.3 is 0 Å². The average molecular weight is 252 g/mol. The first-order valence-corrected chi connectivity index (χ1v) is 4.94.